The van der Waals surface area contributed by atoms with Gasteiger partial charge >= 0.3 is 11.9 Å². The van der Waals surface area contributed by atoms with Crippen LogP contribution in [0.3, 0.4) is 0 Å². The minimum atomic E-state index is -2.89. The molecule has 0 amide bonds. The lowest BCUT2D eigenvalue weighted by Crippen LogP contribution is -2.67. The van der Waals surface area contributed by atoms with Gasteiger partial charge in [0.2, 0.25) is 0 Å². The Hall–Kier alpha value is -3.87. The molecular formula is C63H95NO6Si2. The zero-order chi connectivity index (χ0) is 52.1. The second-order valence-corrected chi connectivity index (χ2v) is 32.3. The molecule has 3 atom stereocenters. The normalized spacial score (nSPS) is 17.0. The van der Waals surface area contributed by atoms with Gasteiger partial charge in [0.1, 0.15) is 11.7 Å². The molecule has 0 heterocycles. The van der Waals surface area contributed by atoms with Crippen LogP contribution < -0.4 is 20.7 Å². The minimum absolute atomic E-state index is 0.203. The Kier molecular flexibility index (Phi) is 23.5. The van der Waals surface area contributed by atoms with Gasteiger partial charge in [-0.3, -0.25) is 14.5 Å². The molecule has 1 aliphatic rings. The Labute approximate surface area is 439 Å². The van der Waals surface area contributed by atoms with Crippen LogP contribution in [0, 0.1) is 5.92 Å². The maximum absolute atomic E-state index is 14.3. The number of benzene rings is 4. The van der Waals surface area contributed by atoms with Gasteiger partial charge in [0.25, 0.3) is 16.6 Å². The molecule has 0 N–H and O–H groups in total. The highest BCUT2D eigenvalue weighted by Gasteiger charge is 2.52. The van der Waals surface area contributed by atoms with E-state index in [2.05, 4.69) is 175 Å². The number of carbonyl (C=O) groups is 2. The van der Waals surface area contributed by atoms with Gasteiger partial charge in [-0.1, -0.05) is 253 Å². The van der Waals surface area contributed by atoms with Crippen molar-refractivity contribution in [2.45, 2.75) is 206 Å². The average Bonchev–Trinajstić information content (AvgIpc) is 3.35. The van der Waals surface area contributed by atoms with E-state index in [1.54, 1.807) is 0 Å². The van der Waals surface area contributed by atoms with Crippen molar-refractivity contribution in [1.29, 1.82) is 0 Å². The molecule has 1 fully saturated rings. The SMILES string of the molecule is CCCCCCCCCCCCCCCC(=O)O[C@H]1[C@@H](C(=O)OC(C)(C)C)CCC[C@@H]1N(CCO[Si](c1ccccc1)(c1ccccc1)C(C)(C)C)CCO[Si](c1ccccc1)(c1ccccc1)C(C)(C)C. The molecule has 0 unspecified atom stereocenters. The van der Waals surface area contributed by atoms with E-state index in [-0.39, 0.29) is 28.1 Å². The molecule has 1 aliphatic carbocycles. The number of carbonyl (C=O) groups excluding carboxylic acids is 2. The number of ether oxygens (including phenoxy) is 2. The zero-order valence-electron chi connectivity index (χ0n) is 46.5. The average molecular weight is 1020 g/mol. The van der Waals surface area contributed by atoms with Crippen LogP contribution in [-0.2, 0) is 27.9 Å². The van der Waals surface area contributed by atoms with Crippen molar-refractivity contribution in [3.63, 3.8) is 0 Å². The number of unbranched alkanes of at least 4 members (excludes halogenated alkanes) is 12. The number of hydrogen-bond acceptors (Lipinski definition) is 7. The van der Waals surface area contributed by atoms with Gasteiger partial charge in [-0.2, -0.15) is 0 Å². The van der Waals surface area contributed by atoms with E-state index in [0.29, 0.717) is 39.1 Å². The van der Waals surface area contributed by atoms with E-state index in [0.717, 1.165) is 32.1 Å². The second kappa shape index (κ2) is 28.7. The van der Waals surface area contributed by atoms with Crippen molar-refractivity contribution in [2.75, 3.05) is 26.3 Å². The number of nitrogens with zero attached hydrogens (tertiary/aromatic N) is 1. The van der Waals surface area contributed by atoms with E-state index >= 15 is 0 Å². The summed E-state index contributed by atoms with van der Waals surface area (Å²) < 4.78 is 28.0. The molecule has 9 heteroatoms. The molecule has 1 saturated carbocycles. The van der Waals surface area contributed by atoms with Crippen molar-refractivity contribution in [1.82, 2.24) is 4.90 Å². The van der Waals surface area contributed by atoms with Gasteiger partial charge in [0.05, 0.1) is 5.92 Å². The molecule has 7 nitrogen and oxygen atoms in total. The summed E-state index contributed by atoms with van der Waals surface area (Å²) in [6.07, 6.45) is 18.0. The second-order valence-electron chi connectivity index (χ2n) is 23.6. The van der Waals surface area contributed by atoms with Crippen molar-refractivity contribution in [2.24, 2.45) is 5.92 Å². The number of esters is 2. The van der Waals surface area contributed by atoms with E-state index in [4.69, 9.17) is 18.3 Å². The van der Waals surface area contributed by atoms with Gasteiger partial charge in [-0.15, -0.1) is 0 Å². The maximum Gasteiger partial charge on any atom is 0.313 e. The van der Waals surface area contributed by atoms with Gasteiger partial charge in [-0.05, 0) is 70.9 Å². The Bertz CT molecular complexity index is 1950. The molecular weight excluding hydrogens is 923 g/mol. The van der Waals surface area contributed by atoms with Gasteiger partial charge in [-0.25, -0.2) is 0 Å². The lowest BCUT2D eigenvalue weighted by molar-refractivity contribution is -0.177. The maximum atomic E-state index is 14.3. The summed E-state index contributed by atoms with van der Waals surface area (Å²) in [4.78, 5) is 30.9. The zero-order valence-corrected chi connectivity index (χ0v) is 48.5. The molecule has 0 saturated heterocycles. The van der Waals surface area contributed by atoms with Crippen LogP contribution in [-0.4, -0.2) is 77.5 Å². The Morgan fingerprint density at radius 1 is 0.514 bits per heavy atom. The first-order chi connectivity index (χ1) is 34.4. The monoisotopic (exact) mass is 1020 g/mol. The summed E-state index contributed by atoms with van der Waals surface area (Å²) >= 11 is 0. The quantitative estimate of drug-likeness (QED) is 0.0305. The van der Waals surface area contributed by atoms with Crippen molar-refractivity contribution in [3.8, 4) is 0 Å². The van der Waals surface area contributed by atoms with Crippen LogP contribution >= 0.6 is 0 Å². The Morgan fingerprint density at radius 3 is 1.22 bits per heavy atom. The predicted molar refractivity (Wildman–Crippen MR) is 306 cm³/mol. The van der Waals surface area contributed by atoms with Crippen LogP contribution in [0.1, 0.15) is 178 Å². The van der Waals surface area contributed by atoms with Gasteiger partial charge in [0, 0.05) is 38.8 Å². The molecule has 0 spiro atoms. The Morgan fingerprint density at radius 2 is 0.875 bits per heavy atom. The summed E-state index contributed by atoms with van der Waals surface area (Å²) in [5.74, 6) is -1.11. The molecule has 396 valence electrons. The third kappa shape index (κ3) is 16.6. The summed E-state index contributed by atoms with van der Waals surface area (Å²) in [5.41, 5.74) is -0.680. The minimum Gasteiger partial charge on any atom is -0.460 e. The molecule has 0 bridgehead atoms. The van der Waals surface area contributed by atoms with Crippen LogP contribution in [0.25, 0.3) is 0 Å². The summed E-state index contributed by atoms with van der Waals surface area (Å²) in [7, 11) is -5.78. The number of rotatable bonds is 29. The first-order valence-corrected chi connectivity index (χ1v) is 31.9. The van der Waals surface area contributed by atoms with Crippen molar-refractivity contribution in [3.05, 3.63) is 121 Å². The molecule has 0 aromatic heterocycles. The molecule has 5 rings (SSSR count). The van der Waals surface area contributed by atoms with E-state index in [1.165, 1.54) is 85.0 Å². The first kappa shape index (κ1) is 59.0. The molecule has 0 aliphatic heterocycles. The largest absolute Gasteiger partial charge is 0.460 e. The fraction of sp³-hybridized carbons (Fsp3) is 0.587. The standard InChI is InChI=1S/C63H95NO6Si2/c1-11-12-13-14-15-16-17-18-19-20-21-22-35-47-58(65)69-59-56(60(66)70-61(2,3)4)45-36-46-57(59)64(48-50-67-71(62(5,6)7,52-37-27-23-28-38-52)53-39-29-24-30-40-53)49-51-68-72(63(8,9)10,54-41-31-25-32-42-54)55-43-33-26-34-44-55/h23-34,37-44,56-57,59H,11-22,35-36,45-51H2,1-10H3/t56-,57-,59-/m0/s1. The van der Waals surface area contributed by atoms with Gasteiger partial charge in [0.15, 0.2) is 0 Å². The first-order valence-electron chi connectivity index (χ1n) is 28.1. The third-order valence-corrected chi connectivity index (χ3v) is 25.0. The Balaban J connectivity index is 1.44. The van der Waals surface area contributed by atoms with Crippen LogP contribution in [0.4, 0.5) is 0 Å². The smallest absolute Gasteiger partial charge is 0.313 e. The summed E-state index contributed by atoms with van der Waals surface area (Å²) in [6, 6.07) is 42.9. The van der Waals surface area contributed by atoms with E-state index < -0.39 is 34.3 Å². The molecule has 4 aromatic carbocycles. The van der Waals surface area contributed by atoms with E-state index in [1.807, 2.05) is 20.8 Å². The van der Waals surface area contributed by atoms with Crippen LogP contribution in [0.2, 0.25) is 10.1 Å². The number of hydrogen-bond donors (Lipinski definition) is 0. The molecule has 4 aromatic rings. The fourth-order valence-electron chi connectivity index (χ4n) is 11.4. The van der Waals surface area contributed by atoms with Crippen LogP contribution in [0.15, 0.2) is 121 Å². The molecule has 72 heavy (non-hydrogen) atoms. The van der Waals surface area contributed by atoms with Crippen LogP contribution in [0.5, 0.6) is 0 Å². The molecule has 0 radical (unpaired) electrons. The highest BCUT2D eigenvalue weighted by Crippen LogP contribution is 2.39. The summed E-state index contributed by atoms with van der Waals surface area (Å²) in [5, 5.41) is 4.51. The van der Waals surface area contributed by atoms with Gasteiger partial charge < -0.3 is 18.3 Å². The highest BCUT2D eigenvalue weighted by atomic mass is 28.4. The lowest BCUT2D eigenvalue weighted by Gasteiger charge is -2.46. The lowest BCUT2D eigenvalue weighted by atomic mass is 9.81. The van der Waals surface area contributed by atoms with Crippen molar-refractivity contribution >= 4 is 49.3 Å². The van der Waals surface area contributed by atoms with Crippen molar-refractivity contribution < 1.29 is 27.9 Å². The highest BCUT2D eigenvalue weighted by molar-refractivity contribution is 7.00. The summed E-state index contributed by atoms with van der Waals surface area (Å²) in [6.45, 7) is 23.9. The topological polar surface area (TPSA) is 74.3 Å². The third-order valence-electron chi connectivity index (χ3n) is 14.9. The fourth-order valence-corrected chi connectivity index (χ4v) is 20.5. The predicted octanol–water partition coefficient (Wildman–Crippen LogP) is 13.3. The van der Waals surface area contributed by atoms with E-state index in [9.17, 15) is 9.59 Å².